The predicted octanol–water partition coefficient (Wildman–Crippen LogP) is 6.19. The van der Waals surface area contributed by atoms with Crippen molar-refractivity contribution >= 4 is 11.6 Å². The average molecular weight is 532 g/mol. The molecule has 1 aliphatic rings. The van der Waals surface area contributed by atoms with Crippen LogP contribution in [0.25, 0.3) is 0 Å². The van der Waals surface area contributed by atoms with Crippen LogP contribution >= 0.6 is 0 Å². The van der Waals surface area contributed by atoms with Crippen LogP contribution < -0.4 is 19.5 Å². The molecule has 0 saturated heterocycles. The van der Waals surface area contributed by atoms with Gasteiger partial charge >= 0.3 is 6.18 Å². The van der Waals surface area contributed by atoms with Crippen LogP contribution in [0.4, 0.5) is 18.9 Å². The molecule has 38 heavy (non-hydrogen) atoms. The lowest BCUT2D eigenvalue weighted by atomic mass is 10.1. The molecule has 0 atom stereocenters. The molecule has 0 unspecified atom stereocenters. The van der Waals surface area contributed by atoms with Gasteiger partial charge in [-0.3, -0.25) is 9.48 Å². The number of carbonyl (C=O) groups excluding carboxylic acids is 1. The monoisotopic (exact) mass is 531 g/mol. The van der Waals surface area contributed by atoms with Crippen molar-refractivity contribution in [2.45, 2.75) is 65.3 Å². The quantitative estimate of drug-likeness (QED) is 0.316. The lowest BCUT2D eigenvalue weighted by Gasteiger charge is -2.13. The summed E-state index contributed by atoms with van der Waals surface area (Å²) in [4.78, 5) is 12.7. The molecule has 1 N–H and O–H groups in total. The fourth-order valence-electron chi connectivity index (χ4n) is 4.53. The Morgan fingerprint density at radius 1 is 0.947 bits per heavy atom. The SMILES string of the molecule is CCOc1ccc(COc2ccc(NC(=O)Cn3nc(C(F)(F)F)c4c3CCCCC4)cc2)cc1OCC. The normalized spacial score (nSPS) is 13.4. The molecule has 0 radical (unpaired) electrons. The summed E-state index contributed by atoms with van der Waals surface area (Å²) in [6.07, 6.45) is -1.40. The maximum atomic E-state index is 13.5. The van der Waals surface area contributed by atoms with E-state index in [1.54, 1.807) is 24.3 Å². The molecule has 204 valence electrons. The van der Waals surface area contributed by atoms with Crippen LogP contribution in [0.3, 0.4) is 0 Å². The summed E-state index contributed by atoms with van der Waals surface area (Å²) < 4.78 is 58.9. The molecule has 0 aliphatic heterocycles. The number of ether oxygens (including phenoxy) is 3. The number of amides is 1. The number of nitrogens with one attached hydrogen (secondary N) is 1. The second kappa shape index (κ2) is 12.2. The van der Waals surface area contributed by atoms with Crippen molar-refractivity contribution in [2.75, 3.05) is 18.5 Å². The molecule has 1 amide bonds. The highest BCUT2D eigenvalue weighted by atomic mass is 19.4. The van der Waals surface area contributed by atoms with Crippen LogP contribution in [0.2, 0.25) is 0 Å². The summed E-state index contributed by atoms with van der Waals surface area (Å²) in [6.45, 7) is 4.90. The number of carbonyl (C=O) groups is 1. The maximum absolute atomic E-state index is 13.5. The van der Waals surface area contributed by atoms with Gasteiger partial charge < -0.3 is 19.5 Å². The minimum atomic E-state index is -4.54. The van der Waals surface area contributed by atoms with Gasteiger partial charge in [-0.1, -0.05) is 12.5 Å². The largest absolute Gasteiger partial charge is 0.490 e. The highest BCUT2D eigenvalue weighted by Crippen LogP contribution is 2.35. The van der Waals surface area contributed by atoms with Gasteiger partial charge in [0.1, 0.15) is 18.9 Å². The van der Waals surface area contributed by atoms with E-state index in [1.807, 2.05) is 32.0 Å². The Balaban J connectivity index is 1.36. The first-order valence-electron chi connectivity index (χ1n) is 12.9. The Morgan fingerprint density at radius 2 is 1.66 bits per heavy atom. The second-order valence-electron chi connectivity index (χ2n) is 9.00. The van der Waals surface area contributed by atoms with E-state index < -0.39 is 17.8 Å². The first-order valence-corrected chi connectivity index (χ1v) is 12.9. The van der Waals surface area contributed by atoms with Crippen LogP contribution in [-0.2, 0) is 37.0 Å². The first-order chi connectivity index (χ1) is 18.3. The Labute approximate surface area is 219 Å². The molecule has 0 bridgehead atoms. The molecule has 1 aromatic heterocycles. The summed E-state index contributed by atoms with van der Waals surface area (Å²) in [5.41, 5.74) is 1.28. The van der Waals surface area contributed by atoms with Gasteiger partial charge in [-0.15, -0.1) is 0 Å². The number of hydrogen-bond donors (Lipinski definition) is 1. The summed E-state index contributed by atoms with van der Waals surface area (Å²) in [7, 11) is 0. The molecular weight excluding hydrogens is 499 g/mol. The van der Waals surface area contributed by atoms with E-state index in [9.17, 15) is 18.0 Å². The van der Waals surface area contributed by atoms with E-state index >= 15 is 0 Å². The van der Waals surface area contributed by atoms with Crippen LogP contribution in [0.5, 0.6) is 17.2 Å². The van der Waals surface area contributed by atoms with E-state index in [4.69, 9.17) is 14.2 Å². The van der Waals surface area contributed by atoms with Gasteiger partial charge in [-0.05, 0) is 81.5 Å². The molecule has 1 aliphatic carbocycles. The van der Waals surface area contributed by atoms with Crippen molar-refractivity contribution in [1.29, 1.82) is 0 Å². The average Bonchev–Trinajstić information content (AvgIpc) is 3.05. The van der Waals surface area contributed by atoms with Crippen molar-refractivity contribution in [2.24, 2.45) is 0 Å². The molecule has 0 fully saturated rings. The predicted molar refractivity (Wildman–Crippen MR) is 137 cm³/mol. The van der Waals surface area contributed by atoms with Crippen molar-refractivity contribution in [3.05, 3.63) is 65.0 Å². The zero-order chi connectivity index (χ0) is 27.1. The first kappa shape index (κ1) is 27.3. The third-order valence-corrected chi connectivity index (χ3v) is 6.22. The van der Waals surface area contributed by atoms with Crippen molar-refractivity contribution in [3.63, 3.8) is 0 Å². The number of fused-ring (bicyclic) bond motifs is 1. The van der Waals surface area contributed by atoms with Crippen LogP contribution in [0, 0.1) is 0 Å². The van der Waals surface area contributed by atoms with Gasteiger partial charge in [0.15, 0.2) is 17.2 Å². The number of nitrogens with zero attached hydrogens (tertiary/aromatic N) is 2. The smallest absolute Gasteiger partial charge is 0.435 e. The zero-order valence-corrected chi connectivity index (χ0v) is 21.6. The number of alkyl halides is 3. The van der Waals surface area contributed by atoms with E-state index in [0.29, 0.717) is 67.7 Å². The standard InChI is InChI=1S/C28H32F3N3O4/c1-3-36-24-15-10-19(16-25(24)37-4-2)18-38-21-13-11-20(12-14-21)32-26(35)17-34-23-9-7-5-6-8-22(23)27(33-34)28(29,30)31/h10-16H,3-9,17-18H2,1-2H3,(H,32,35). The van der Waals surface area contributed by atoms with Gasteiger partial charge in [0.05, 0.1) is 13.2 Å². The Bertz CT molecular complexity index is 1240. The van der Waals surface area contributed by atoms with Crippen LogP contribution in [0.15, 0.2) is 42.5 Å². The fraction of sp³-hybridized carbons (Fsp3) is 0.429. The molecule has 1 heterocycles. The molecule has 0 saturated carbocycles. The number of aromatic nitrogens is 2. The van der Waals surface area contributed by atoms with Gasteiger partial charge in [0, 0.05) is 16.9 Å². The van der Waals surface area contributed by atoms with E-state index in [1.165, 1.54) is 4.68 Å². The minimum absolute atomic E-state index is 0.227. The molecule has 4 rings (SSSR count). The number of rotatable bonds is 10. The minimum Gasteiger partial charge on any atom is -0.490 e. The highest BCUT2D eigenvalue weighted by Gasteiger charge is 2.39. The lowest BCUT2D eigenvalue weighted by molar-refractivity contribution is -0.142. The number of benzene rings is 2. The van der Waals surface area contributed by atoms with Crippen molar-refractivity contribution in [3.8, 4) is 17.2 Å². The second-order valence-corrected chi connectivity index (χ2v) is 9.00. The molecular formula is C28H32F3N3O4. The van der Waals surface area contributed by atoms with Gasteiger partial charge in [-0.25, -0.2) is 0 Å². The number of anilines is 1. The lowest BCUT2D eigenvalue weighted by Crippen LogP contribution is -2.21. The third-order valence-electron chi connectivity index (χ3n) is 6.22. The van der Waals surface area contributed by atoms with Crippen LogP contribution in [0.1, 0.15) is 55.6 Å². The summed E-state index contributed by atoms with van der Waals surface area (Å²) in [6, 6.07) is 12.4. The summed E-state index contributed by atoms with van der Waals surface area (Å²) in [5, 5.41) is 6.52. The Kier molecular flexibility index (Phi) is 8.81. The van der Waals surface area contributed by atoms with Crippen LogP contribution in [-0.4, -0.2) is 28.9 Å². The zero-order valence-electron chi connectivity index (χ0n) is 21.6. The molecule has 3 aromatic rings. The van der Waals surface area contributed by atoms with Gasteiger partial charge in [0.2, 0.25) is 5.91 Å². The molecule has 7 nitrogen and oxygen atoms in total. The molecule has 0 spiro atoms. The summed E-state index contributed by atoms with van der Waals surface area (Å²) >= 11 is 0. The van der Waals surface area contributed by atoms with E-state index in [0.717, 1.165) is 18.4 Å². The number of hydrogen-bond acceptors (Lipinski definition) is 5. The van der Waals surface area contributed by atoms with Gasteiger partial charge in [0.25, 0.3) is 0 Å². The maximum Gasteiger partial charge on any atom is 0.435 e. The summed E-state index contributed by atoms with van der Waals surface area (Å²) in [5.74, 6) is 1.49. The van der Waals surface area contributed by atoms with E-state index in [2.05, 4.69) is 10.4 Å². The Morgan fingerprint density at radius 3 is 2.37 bits per heavy atom. The Hall–Kier alpha value is -3.69. The highest BCUT2D eigenvalue weighted by molar-refractivity contribution is 5.90. The third kappa shape index (κ3) is 6.79. The van der Waals surface area contributed by atoms with E-state index in [-0.39, 0.29) is 12.1 Å². The van der Waals surface area contributed by atoms with Crippen molar-refractivity contribution in [1.82, 2.24) is 9.78 Å². The van der Waals surface area contributed by atoms with Crippen molar-refractivity contribution < 1.29 is 32.2 Å². The fourth-order valence-corrected chi connectivity index (χ4v) is 4.53. The topological polar surface area (TPSA) is 74.6 Å². The molecule has 2 aromatic carbocycles. The molecule has 10 heteroatoms. The number of halogens is 3. The van der Waals surface area contributed by atoms with Gasteiger partial charge in [-0.2, -0.15) is 18.3 Å².